The number of piperidine rings is 1. The van der Waals surface area contributed by atoms with Gasteiger partial charge in [-0.05, 0) is 51.2 Å². The van der Waals surface area contributed by atoms with Gasteiger partial charge in [-0.3, -0.25) is 9.58 Å². The van der Waals surface area contributed by atoms with Gasteiger partial charge in [-0.25, -0.2) is 0 Å². The summed E-state index contributed by atoms with van der Waals surface area (Å²) in [5.41, 5.74) is 3.19. The molecule has 2 fully saturated rings. The van der Waals surface area contributed by atoms with Gasteiger partial charge in [0.1, 0.15) is 0 Å². The summed E-state index contributed by atoms with van der Waals surface area (Å²) in [7, 11) is 2.01. The van der Waals surface area contributed by atoms with Crippen molar-refractivity contribution in [2.24, 2.45) is 12.5 Å². The Morgan fingerprint density at radius 2 is 2.11 bits per heavy atom. The van der Waals surface area contributed by atoms with Gasteiger partial charge in [-0.2, -0.15) is 5.10 Å². The minimum absolute atomic E-state index is 0.612. The minimum Gasteiger partial charge on any atom is -0.317 e. The Labute approximate surface area is 109 Å². The molecule has 4 heteroatoms. The predicted octanol–water partition coefficient (Wildman–Crippen LogP) is 1.30. The first-order valence-electron chi connectivity index (χ1n) is 7.09. The molecule has 0 bridgehead atoms. The lowest BCUT2D eigenvalue weighted by Gasteiger charge is -2.33. The Balaban J connectivity index is 1.64. The molecule has 0 aliphatic carbocycles. The molecule has 0 aromatic carbocycles. The highest BCUT2D eigenvalue weighted by molar-refractivity contribution is 5.15. The zero-order valence-electron chi connectivity index (χ0n) is 11.6. The van der Waals surface area contributed by atoms with Crippen molar-refractivity contribution in [3.8, 4) is 0 Å². The summed E-state index contributed by atoms with van der Waals surface area (Å²) in [5, 5.41) is 7.92. The fourth-order valence-corrected chi connectivity index (χ4v) is 3.57. The molecule has 0 unspecified atom stereocenters. The minimum atomic E-state index is 0.612. The molecule has 0 amide bonds. The highest BCUT2D eigenvalue weighted by Gasteiger charge is 2.38. The zero-order chi connectivity index (χ0) is 12.6. The van der Waals surface area contributed by atoms with Crippen LogP contribution in [-0.2, 0) is 13.6 Å². The molecular weight excluding hydrogens is 224 g/mol. The first kappa shape index (κ1) is 12.2. The highest BCUT2D eigenvalue weighted by atomic mass is 15.3. The molecule has 1 aromatic heterocycles. The lowest BCUT2D eigenvalue weighted by atomic mass is 9.78. The monoisotopic (exact) mass is 248 g/mol. The second kappa shape index (κ2) is 4.67. The van der Waals surface area contributed by atoms with E-state index in [1.54, 1.807) is 0 Å². The molecule has 0 saturated carbocycles. The third-order valence-electron chi connectivity index (χ3n) is 4.69. The maximum Gasteiger partial charge on any atom is 0.0638 e. The van der Waals surface area contributed by atoms with Crippen molar-refractivity contribution in [1.82, 2.24) is 20.0 Å². The van der Waals surface area contributed by atoms with Gasteiger partial charge >= 0.3 is 0 Å². The van der Waals surface area contributed by atoms with Crippen LogP contribution >= 0.6 is 0 Å². The largest absolute Gasteiger partial charge is 0.317 e. The smallest absolute Gasteiger partial charge is 0.0638 e. The van der Waals surface area contributed by atoms with Gasteiger partial charge in [0, 0.05) is 31.9 Å². The SMILES string of the molecule is Cc1nn(C)cc1CN1CCC2(CCNCC2)C1. The molecule has 3 rings (SSSR count). The summed E-state index contributed by atoms with van der Waals surface area (Å²) in [6.07, 6.45) is 6.27. The van der Waals surface area contributed by atoms with E-state index in [0.717, 1.165) is 6.54 Å². The van der Waals surface area contributed by atoms with Crippen molar-refractivity contribution in [2.45, 2.75) is 32.7 Å². The molecule has 4 nitrogen and oxygen atoms in total. The van der Waals surface area contributed by atoms with E-state index in [4.69, 9.17) is 0 Å². The molecule has 1 spiro atoms. The van der Waals surface area contributed by atoms with Gasteiger partial charge < -0.3 is 5.32 Å². The normalized spacial score (nSPS) is 23.9. The van der Waals surface area contributed by atoms with Gasteiger partial charge in [0.05, 0.1) is 5.69 Å². The van der Waals surface area contributed by atoms with Crippen LogP contribution in [-0.4, -0.2) is 40.9 Å². The quantitative estimate of drug-likeness (QED) is 0.856. The summed E-state index contributed by atoms with van der Waals surface area (Å²) >= 11 is 0. The molecule has 0 radical (unpaired) electrons. The van der Waals surface area contributed by atoms with Crippen molar-refractivity contribution >= 4 is 0 Å². The van der Waals surface area contributed by atoms with Crippen LogP contribution in [0.25, 0.3) is 0 Å². The van der Waals surface area contributed by atoms with Crippen LogP contribution in [0.5, 0.6) is 0 Å². The Morgan fingerprint density at radius 3 is 2.78 bits per heavy atom. The summed E-state index contributed by atoms with van der Waals surface area (Å²) in [6.45, 7) is 8.15. The van der Waals surface area contributed by atoms with E-state index in [0.29, 0.717) is 5.41 Å². The number of hydrogen-bond acceptors (Lipinski definition) is 3. The van der Waals surface area contributed by atoms with E-state index in [2.05, 4.69) is 28.4 Å². The number of rotatable bonds is 2. The summed E-state index contributed by atoms with van der Waals surface area (Å²) in [6, 6.07) is 0. The first-order valence-corrected chi connectivity index (χ1v) is 7.09. The number of likely N-dealkylation sites (tertiary alicyclic amines) is 1. The van der Waals surface area contributed by atoms with Crippen molar-refractivity contribution in [1.29, 1.82) is 0 Å². The van der Waals surface area contributed by atoms with E-state index in [1.165, 1.54) is 56.7 Å². The maximum absolute atomic E-state index is 4.44. The molecule has 1 N–H and O–H groups in total. The topological polar surface area (TPSA) is 33.1 Å². The first-order chi connectivity index (χ1) is 8.67. The molecule has 18 heavy (non-hydrogen) atoms. The molecular formula is C14H24N4. The van der Waals surface area contributed by atoms with E-state index in [1.807, 2.05) is 11.7 Å². The average Bonchev–Trinajstić information content (AvgIpc) is 2.86. The number of aryl methyl sites for hydroxylation is 2. The summed E-state index contributed by atoms with van der Waals surface area (Å²) in [4.78, 5) is 2.62. The van der Waals surface area contributed by atoms with Crippen molar-refractivity contribution < 1.29 is 0 Å². The Morgan fingerprint density at radius 1 is 1.33 bits per heavy atom. The van der Waals surface area contributed by atoms with Crippen LogP contribution in [0.4, 0.5) is 0 Å². The molecule has 2 aliphatic rings. The van der Waals surface area contributed by atoms with Crippen molar-refractivity contribution in [2.75, 3.05) is 26.2 Å². The van der Waals surface area contributed by atoms with Gasteiger partial charge in [0.25, 0.3) is 0 Å². The standard InChI is InChI=1S/C14H24N4/c1-12-13(9-17(2)16-12)10-18-8-5-14(11-18)3-6-15-7-4-14/h9,15H,3-8,10-11H2,1-2H3. The van der Waals surface area contributed by atoms with Crippen LogP contribution in [0.15, 0.2) is 6.20 Å². The van der Waals surface area contributed by atoms with Crippen LogP contribution in [0.1, 0.15) is 30.5 Å². The predicted molar refractivity (Wildman–Crippen MR) is 72.4 cm³/mol. The Kier molecular flexibility index (Phi) is 3.16. The number of aromatic nitrogens is 2. The van der Waals surface area contributed by atoms with E-state index in [-0.39, 0.29) is 0 Å². The zero-order valence-corrected chi connectivity index (χ0v) is 11.6. The molecule has 3 heterocycles. The molecule has 2 aliphatic heterocycles. The molecule has 0 atom stereocenters. The Hall–Kier alpha value is -0.870. The van der Waals surface area contributed by atoms with Crippen LogP contribution in [0.3, 0.4) is 0 Å². The van der Waals surface area contributed by atoms with Crippen molar-refractivity contribution in [3.05, 3.63) is 17.5 Å². The van der Waals surface area contributed by atoms with Gasteiger partial charge in [0.15, 0.2) is 0 Å². The third-order valence-corrected chi connectivity index (χ3v) is 4.69. The van der Waals surface area contributed by atoms with Gasteiger partial charge in [-0.1, -0.05) is 0 Å². The Bertz CT molecular complexity index is 417. The highest BCUT2D eigenvalue weighted by Crippen LogP contribution is 2.39. The van der Waals surface area contributed by atoms with E-state index in [9.17, 15) is 0 Å². The fraction of sp³-hybridized carbons (Fsp3) is 0.786. The summed E-state index contributed by atoms with van der Waals surface area (Å²) in [5.74, 6) is 0. The van der Waals surface area contributed by atoms with Crippen LogP contribution < -0.4 is 5.32 Å². The lowest BCUT2D eigenvalue weighted by Crippen LogP contribution is -2.38. The lowest BCUT2D eigenvalue weighted by molar-refractivity contribution is 0.194. The second-order valence-electron chi connectivity index (χ2n) is 6.12. The summed E-state index contributed by atoms with van der Waals surface area (Å²) < 4.78 is 1.93. The third kappa shape index (κ3) is 2.31. The van der Waals surface area contributed by atoms with Crippen molar-refractivity contribution in [3.63, 3.8) is 0 Å². The number of hydrogen-bond donors (Lipinski definition) is 1. The second-order valence-corrected chi connectivity index (χ2v) is 6.12. The van der Waals surface area contributed by atoms with E-state index < -0.39 is 0 Å². The number of nitrogens with zero attached hydrogens (tertiary/aromatic N) is 3. The van der Waals surface area contributed by atoms with E-state index >= 15 is 0 Å². The fourth-order valence-electron chi connectivity index (χ4n) is 3.57. The molecule has 100 valence electrons. The molecule has 2 saturated heterocycles. The number of nitrogens with one attached hydrogen (secondary N) is 1. The van der Waals surface area contributed by atoms with Gasteiger partial charge in [0.2, 0.25) is 0 Å². The maximum atomic E-state index is 4.44. The molecule has 1 aromatic rings. The average molecular weight is 248 g/mol. The van der Waals surface area contributed by atoms with Gasteiger partial charge in [-0.15, -0.1) is 0 Å². The van der Waals surface area contributed by atoms with Crippen LogP contribution in [0, 0.1) is 12.3 Å². The van der Waals surface area contributed by atoms with Crippen LogP contribution in [0.2, 0.25) is 0 Å².